The topological polar surface area (TPSA) is 83.7 Å². The third kappa shape index (κ3) is 5.06. The first kappa shape index (κ1) is 21.6. The number of benzene rings is 2. The molecule has 2 aromatic heterocycles. The molecule has 2 atom stereocenters. The third-order valence-electron chi connectivity index (χ3n) is 6.98. The molecule has 1 aliphatic heterocycles. The van der Waals surface area contributed by atoms with Gasteiger partial charge < -0.3 is 10.6 Å². The first-order valence-corrected chi connectivity index (χ1v) is 12.1. The molecule has 0 amide bonds. The number of fused-ring (bicyclic) bond motifs is 1. The molecule has 33 heavy (non-hydrogen) atoms. The van der Waals surface area contributed by atoms with Crippen molar-refractivity contribution in [2.45, 2.75) is 43.9 Å². The van der Waals surface area contributed by atoms with Crippen molar-refractivity contribution in [3.8, 4) is 0 Å². The number of nitrogens with zero attached hydrogens (tertiary/aromatic N) is 4. The van der Waals surface area contributed by atoms with Crippen LogP contribution in [0.15, 0.2) is 66.7 Å². The Kier molecular flexibility index (Phi) is 6.63. The first-order valence-electron chi connectivity index (χ1n) is 12.1. The molecule has 1 fully saturated rings. The van der Waals surface area contributed by atoms with Gasteiger partial charge in [-0.3, -0.25) is 0 Å². The lowest BCUT2D eigenvalue weighted by Gasteiger charge is -2.23. The van der Waals surface area contributed by atoms with Gasteiger partial charge in [0.05, 0.1) is 0 Å². The van der Waals surface area contributed by atoms with E-state index in [9.17, 15) is 0 Å². The maximum atomic E-state index is 6.12. The fourth-order valence-corrected chi connectivity index (χ4v) is 5.29. The van der Waals surface area contributed by atoms with E-state index in [1.54, 1.807) is 0 Å². The van der Waals surface area contributed by atoms with Gasteiger partial charge in [0, 0.05) is 5.92 Å². The van der Waals surface area contributed by atoms with Crippen molar-refractivity contribution in [1.82, 2.24) is 25.3 Å². The molecule has 0 bridgehead atoms. The largest absolute Gasteiger partial charge is 0.384 e. The van der Waals surface area contributed by atoms with Gasteiger partial charge in [0.2, 0.25) is 5.65 Å². The van der Waals surface area contributed by atoms with E-state index in [4.69, 9.17) is 5.73 Å². The van der Waals surface area contributed by atoms with Crippen LogP contribution in [-0.2, 0) is 0 Å². The van der Waals surface area contributed by atoms with Crippen molar-refractivity contribution in [2.24, 2.45) is 0 Å². The molecule has 170 valence electrons. The van der Waals surface area contributed by atoms with Crippen LogP contribution in [0.5, 0.6) is 0 Å². The van der Waals surface area contributed by atoms with E-state index in [2.05, 4.69) is 86.0 Å². The average Bonchev–Trinajstić information content (AvgIpc) is 3.19. The van der Waals surface area contributed by atoms with Crippen LogP contribution in [-0.4, -0.2) is 44.9 Å². The number of nitrogens with one attached hydrogen (secondary N) is 1. The summed E-state index contributed by atoms with van der Waals surface area (Å²) < 4.78 is 0. The number of hydrogen-bond acceptors (Lipinski definition) is 5. The normalized spacial score (nSPS) is 18.2. The van der Waals surface area contributed by atoms with Crippen molar-refractivity contribution in [2.75, 3.05) is 25.4 Å². The van der Waals surface area contributed by atoms with Crippen LogP contribution < -0.4 is 5.73 Å². The Hall–Kier alpha value is -3.25. The van der Waals surface area contributed by atoms with Gasteiger partial charge in [-0.05, 0) is 80.4 Å². The molecule has 6 heteroatoms. The summed E-state index contributed by atoms with van der Waals surface area (Å²) in [6.45, 7) is 3.48. The van der Waals surface area contributed by atoms with Crippen molar-refractivity contribution in [3.05, 3.63) is 83.4 Å². The Morgan fingerprint density at radius 2 is 1.76 bits per heavy atom. The Morgan fingerprint density at radius 1 is 0.970 bits per heavy atom. The highest BCUT2D eigenvalue weighted by Gasteiger charge is 2.22. The molecule has 3 heterocycles. The molecule has 0 aliphatic carbocycles. The SMILES string of the molecule is Nc1cc([C@H](CCCN2CCCC(c3ccccc3)CC2)c2ccccc2)c2n[nH]nc2n1. The van der Waals surface area contributed by atoms with Gasteiger partial charge in [0.25, 0.3) is 0 Å². The summed E-state index contributed by atoms with van der Waals surface area (Å²) in [6, 6.07) is 23.7. The van der Waals surface area contributed by atoms with Crippen LogP contribution in [0.4, 0.5) is 5.82 Å². The summed E-state index contributed by atoms with van der Waals surface area (Å²) in [4.78, 5) is 6.98. The van der Waals surface area contributed by atoms with Gasteiger partial charge in [-0.1, -0.05) is 60.7 Å². The molecule has 4 aromatic rings. The van der Waals surface area contributed by atoms with Gasteiger partial charge in [-0.2, -0.15) is 10.3 Å². The number of likely N-dealkylation sites (tertiary alicyclic amines) is 1. The molecule has 0 spiro atoms. The molecule has 5 rings (SSSR count). The van der Waals surface area contributed by atoms with Crippen LogP contribution in [0.1, 0.15) is 60.6 Å². The van der Waals surface area contributed by atoms with Crippen LogP contribution in [0.2, 0.25) is 0 Å². The van der Waals surface area contributed by atoms with Crippen LogP contribution >= 0.6 is 0 Å². The lowest BCUT2D eigenvalue weighted by molar-refractivity contribution is 0.276. The fraction of sp³-hybridized carbons (Fsp3) is 0.370. The number of pyridine rings is 1. The van der Waals surface area contributed by atoms with Crippen molar-refractivity contribution >= 4 is 17.0 Å². The van der Waals surface area contributed by atoms with Crippen molar-refractivity contribution in [3.63, 3.8) is 0 Å². The van der Waals surface area contributed by atoms with Crippen LogP contribution in [0.25, 0.3) is 11.2 Å². The zero-order chi connectivity index (χ0) is 22.5. The third-order valence-corrected chi connectivity index (χ3v) is 6.98. The molecular weight excluding hydrogens is 408 g/mol. The Morgan fingerprint density at radius 3 is 2.58 bits per heavy atom. The standard InChI is InChI=1S/C27H32N6/c28-25-19-24(26-27(29-25)31-32-30-26)23(22-11-5-2-6-12-22)14-8-17-33-16-7-13-21(15-18-33)20-9-3-1-4-10-20/h1-6,9-12,19,21,23H,7-8,13-18H2,(H3,28,29,30,31,32)/t21?,23-/m1/s1. The van der Waals surface area contributed by atoms with E-state index in [1.165, 1.54) is 43.5 Å². The van der Waals surface area contributed by atoms with Gasteiger partial charge >= 0.3 is 0 Å². The van der Waals surface area contributed by atoms with E-state index in [0.29, 0.717) is 17.4 Å². The van der Waals surface area contributed by atoms with Gasteiger partial charge in [-0.25, -0.2) is 4.98 Å². The molecule has 3 N–H and O–H groups in total. The van der Waals surface area contributed by atoms with E-state index < -0.39 is 0 Å². The minimum Gasteiger partial charge on any atom is -0.384 e. The summed E-state index contributed by atoms with van der Waals surface area (Å²) in [5.41, 5.74) is 11.4. The summed E-state index contributed by atoms with van der Waals surface area (Å²) >= 11 is 0. The highest BCUT2D eigenvalue weighted by atomic mass is 15.3. The van der Waals surface area contributed by atoms with E-state index in [-0.39, 0.29) is 5.92 Å². The Labute approximate surface area is 195 Å². The number of nitrogens with two attached hydrogens (primary N) is 1. The lowest BCUT2D eigenvalue weighted by atomic mass is 9.87. The number of aromatic nitrogens is 4. The maximum Gasteiger partial charge on any atom is 0.203 e. The fourth-order valence-electron chi connectivity index (χ4n) is 5.29. The van der Waals surface area contributed by atoms with Crippen LogP contribution in [0.3, 0.4) is 0 Å². The monoisotopic (exact) mass is 440 g/mol. The molecule has 0 saturated carbocycles. The van der Waals surface area contributed by atoms with E-state index in [1.807, 2.05) is 6.07 Å². The quantitative estimate of drug-likeness (QED) is 0.417. The van der Waals surface area contributed by atoms with Crippen LogP contribution in [0, 0.1) is 0 Å². The van der Waals surface area contributed by atoms with Gasteiger partial charge in [0.15, 0.2) is 0 Å². The smallest absolute Gasteiger partial charge is 0.203 e. The number of hydrogen-bond donors (Lipinski definition) is 2. The summed E-state index contributed by atoms with van der Waals surface area (Å²) in [6.07, 6.45) is 5.95. The van der Waals surface area contributed by atoms with E-state index in [0.717, 1.165) is 30.5 Å². The molecule has 6 nitrogen and oxygen atoms in total. The first-order chi connectivity index (χ1) is 16.3. The number of rotatable bonds is 7. The highest BCUT2D eigenvalue weighted by molar-refractivity contribution is 5.77. The Bertz CT molecular complexity index is 1160. The molecule has 1 unspecified atom stereocenters. The Balaban J connectivity index is 1.27. The number of anilines is 1. The van der Waals surface area contributed by atoms with Crippen molar-refractivity contribution < 1.29 is 0 Å². The number of H-pyrrole nitrogens is 1. The number of nitrogen functional groups attached to an aromatic ring is 1. The number of aromatic amines is 1. The second-order valence-electron chi connectivity index (χ2n) is 9.12. The minimum atomic E-state index is 0.216. The van der Waals surface area contributed by atoms with Crippen molar-refractivity contribution in [1.29, 1.82) is 0 Å². The lowest BCUT2D eigenvalue weighted by Crippen LogP contribution is -2.26. The second-order valence-corrected chi connectivity index (χ2v) is 9.12. The second kappa shape index (κ2) is 10.1. The molecule has 1 aliphatic rings. The average molecular weight is 441 g/mol. The zero-order valence-corrected chi connectivity index (χ0v) is 19.0. The zero-order valence-electron chi connectivity index (χ0n) is 19.0. The summed E-state index contributed by atoms with van der Waals surface area (Å²) in [5, 5.41) is 11.3. The predicted octanol–water partition coefficient (Wildman–Crippen LogP) is 5.12. The van der Waals surface area contributed by atoms with Gasteiger partial charge in [-0.15, -0.1) is 5.10 Å². The minimum absolute atomic E-state index is 0.216. The molecule has 1 saturated heterocycles. The molecular formula is C27H32N6. The predicted molar refractivity (Wildman–Crippen MR) is 133 cm³/mol. The summed E-state index contributed by atoms with van der Waals surface area (Å²) in [5.74, 6) is 1.40. The van der Waals surface area contributed by atoms with E-state index >= 15 is 0 Å². The summed E-state index contributed by atoms with van der Waals surface area (Å²) in [7, 11) is 0. The molecule has 2 aromatic carbocycles. The maximum absolute atomic E-state index is 6.12. The van der Waals surface area contributed by atoms with Gasteiger partial charge in [0.1, 0.15) is 11.3 Å². The molecule has 0 radical (unpaired) electrons. The highest BCUT2D eigenvalue weighted by Crippen LogP contribution is 2.34.